The molecule has 28 heavy (non-hydrogen) atoms. The molecule has 9 heteroatoms. The van der Waals surface area contributed by atoms with Crippen LogP contribution in [0.2, 0.25) is 5.02 Å². The summed E-state index contributed by atoms with van der Waals surface area (Å²) in [5.74, 6) is 0.280. The number of sulfone groups is 1. The van der Waals surface area contributed by atoms with Crippen LogP contribution in [0.1, 0.15) is 30.2 Å². The number of ether oxygens (including phenoxy) is 1. The van der Waals surface area contributed by atoms with Crippen molar-refractivity contribution in [3.63, 3.8) is 0 Å². The Labute approximate surface area is 166 Å². The van der Waals surface area contributed by atoms with Gasteiger partial charge in [0.1, 0.15) is 28.2 Å². The van der Waals surface area contributed by atoms with Crippen LogP contribution in [-0.4, -0.2) is 30.2 Å². The summed E-state index contributed by atoms with van der Waals surface area (Å²) in [4.78, 5) is 4.06. The highest BCUT2D eigenvalue weighted by Gasteiger charge is 2.51. The molecule has 0 aliphatic carbocycles. The van der Waals surface area contributed by atoms with E-state index in [1.54, 1.807) is 19.9 Å². The summed E-state index contributed by atoms with van der Waals surface area (Å²) in [5.41, 5.74) is -0.202. The molecular weight excluding hydrogens is 404 g/mol. The first-order valence-corrected chi connectivity index (χ1v) is 10.3. The van der Waals surface area contributed by atoms with Gasteiger partial charge in [0.2, 0.25) is 9.84 Å². The lowest BCUT2D eigenvalue weighted by atomic mass is 9.90. The van der Waals surface area contributed by atoms with Crippen molar-refractivity contribution in [3.05, 3.63) is 52.5 Å². The first-order chi connectivity index (χ1) is 13.1. The number of aromatic nitrogens is 1. The van der Waals surface area contributed by atoms with Crippen LogP contribution in [-0.2, 0) is 9.84 Å². The molecule has 2 unspecified atom stereocenters. The number of oxazole rings is 1. The maximum absolute atomic E-state index is 13.4. The number of hydrogen-bond donors (Lipinski definition) is 1. The molecule has 2 atom stereocenters. The number of halogens is 1. The normalized spacial score (nSPS) is 21.0. The lowest BCUT2D eigenvalue weighted by Crippen LogP contribution is -2.50. The average Bonchev–Trinajstić information content (AvgIpc) is 3.06. The number of nitrogens with zero attached hydrogens (tertiary/aromatic N) is 2. The lowest BCUT2D eigenvalue weighted by molar-refractivity contribution is -0.0446. The highest BCUT2D eigenvalue weighted by molar-refractivity contribution is 7.91. The summed E-state index contributed by atoms with van der Waals surface area (Å²) in [6, 6.07) is 11.0. The third kappa shape index (κ3) is 2.83. The second-order valence-corrected chi connectivity index (χ2v) is 9.46. The minimum absolute atomic E-state index is 0.186. The predicted molar refractivity (Wildman–Crippen MR) is 101 cm³/mol. The van der Waals surface area contributed by atoms with Crippen LogP contribution in [0, 0.1) is 11.3 Å². The number of benzene rings is 2. The number of aliphatic hydroxyl groups excluding tert-OH is 1. The number of rotatable bonds is 2. The van der Waals surface area contributed by atoms with Gasteiger partial charge in [-0.3, -0.25) is 0 Å². The van der Waals surface area contributed by atoms with Gasteiger partial charge < -0.3 is 14.3 Å². The molecule has 0 radical (unpaired) electrons. The molecule has 0 bridgehead atoms. The molecule has 0 fully saturated rings. The zero-order valence-electron chi connectivity index (χ0n) is 14.9. The fourth-order valence-corrected chi connectivity index (χ4v) is 5.26. The molecule has 0 amide bonds. The fraction of sp³-hybridized carbons (Fsp3) is 0.263. The van der Waals surface area contributed by atoms with E-state index in [9.17, 15) is 18.8 Å². The Morgan fingerprint density at radius 3 is 2.71 bits per heavy atom. The zero-order valence-corrected chi connectivity index (χ0v) is 16.5. The van der Waals surface area contributed by atoms with Crippen molar-refractivity contribution in [3.8, 4) is 11.8 Å². The Morgan fingerprint density at radius 1 is 1.25 bits per heavy atom. The molecule has 7 nitrogen and oxygen atoms in total. The van der Waals surface area contributed by atoms with Crippen molar-refractivity contribution in [2.24, 2.45) is 0 Å². The first kappa shape index (κ1) is 18.7. The van der Waals surface area contributed by atoms with Gasteiger partial charge in [0, 0.05) is 10.6 Å². The molecule has 2 aromatic carbocycles. The molecule has 0 spiro atoms. The molecule has 3 aromatic rings. The highest BCUT2D eigenvalue weighted by Crippen LogP contribution is 2.46. The Hall–Kier alpha value is -2.60. The van der Waals surface area contributed by atoms with Crippen LogP contribution in [0.15, 0.2) is 46.0 Å². The van der Waals surface area contributed by atoms with Crippen molar-refractivity contribution in [1.29, 1.82) is 5.26 Å². The molecule has 0 saturated heterocycles. The van der Waals surface area contributed by atoms with E-state index in [0.717, 1.165) is 0 Å². The first-order valence-electron chi connectivity index (χ1n) is 8.34. The molecule has 1 aromatic heterocycles. The molecule has 1 aliphatic rings. The van der Waals surface area contributed by atoms with Crippen LogP contribution in [0.3, 0.4) is 0 Å². The fourth-order valence-electron chi connectivity index (χ4n) is 3.26. The topological polar surface area (TPSA) is 113 Å². The van der Waals surface area contributed by atoms with Crippen LogP contribution in [0.5, 0.6) is 5.75 Å². The predicted octanol–water partition coefficient (Wildman–Crippen LogP) is 3.40. The SMILES string of the molecule is CC1(C)Oc2ccc(C#N)cc2C(S(=O)(=O)c2nc3cc(Cl)ccc3o2)C1O. The second kappa shape index (κ2) is 6.21. The molecule has 4 rings (SSSR count). The van der Waals surface area contributed by atoms with Gasteiger partial charge in [-0.05, 0) is 50.2 Å². The van der Waals surface area contributed by atoms with Gasteiger partial charge in [0.25, 0.3) is 0 Å². The number of nitriles is 1. The van der Waals surface area contributed by atoms with E-state index in [4.69, 9.17) is 20.8 Å². The molecule has 1 N–H and O–H groups in total. The Kier molecular flexibility index (Phi) is 4.16. The van der Waals surface area contributed by atoms with Gasteiger partial charge in [-0.25, -0.2) is 8.42 Å². The van der Waals surface area contributed by atoms with Crippen molar-refractivity contribution < 1.29 is 22.7 Å². The largest absolute Gasteiger partial charge is 0.485 e. The third-order valence-electron chi connectivity index (χ3n) is 4.73. The molecule has 2 heterocycles. The summed E-state index contributed by atoms with van der Waals surface area (Å²) < 4.78 is 38.1. The van der Waals surface area contributed by atoms with E-state index in [1.807, 2.05) is 6.07 Å². The van der Waals surface area contributed by atoms with Gasteiger partial charge in [-0.2, -0.15) is 10.2 Å². The van der Waals surface area contributed by atoms with Crippen LogP contribution in [0.4, 0.5) is 0 Å². The van der Waals surface area contributed by atoms with E-state index in [0.29, 0.717) is 5.02 Å². The monoisotopic (exact) mass is 418 g/mol. The standard InChI is InChI=1S/C19H15ClN2O5S/c1-19(2)17(23)16(12-7-10(9-21)3-5-14(12)27-19)28(24,25)18-22-13-8-11(20)4-6-15(13)26-18/h3-8,16-17,23H,1-2H3. The quantitative estimate of drug-likeness (QED) is 0.678. The highest BCUT2D eigenvalue weighted by atomic mass is 35.5. The maximum Gasteiger partial charge on any atom is 0.316 e. The Balaban J connectivity index is 1.93. The van der Waals surface area contributed by atoms with Crippen molar-refractivity contribution >= 4 is 32.5 Å². The van der Waals surface area contributed by atoms with Gasteiger partial charge >= 0.3 is 5.22 Å². The van der Waals surface area contributed by atoms with Crippen LogP contribution < -0.4 is 4.74 Å². The maximum atomic E-state index is 13.4. The number of hydrogen-bond acceptors (Lipinski definition) is 7. The van der Waals surface area contributed by atoms with Crippen molar-refractivity contribution in [1.82, 2.24) is 4.98 Å². The minimum Gasteiger partial charge on any atom is -0.485 e. The second-order valence-electron chi connectivity index (χ2n) is 7.07. The average molecular weight is 419 g/mol. The summed E-state index contributed by atoms with van der Waals surface area (Å²) >= 11 is 5.93. The molecule has 1 aliphatic heterocycles. The zero-order chi connectivity index (χ0) is 20.3. The van der Waals surface area contributed by atoms with E-state index in [-0.39, 0.29) is 28.0 Å². The third-order valence-corrected chi connectivity index (χ3v) is 6.80. The van der Waals surface area contributed by atoms with Gasteiger partial charge in [0.05, 0.1) is 11.6 Å². The Bertz CT molecular complexity index is 1240. The van der Waals surface area contributed by atoms with Crippen LogP contribution in [0.25, 0.3) is 11.1 Å². The summed E-state index contributed by atoms with van der Waals surface area (Å²) in [6.07, 6.45) is -1.42. The number of fused-ring (bicyclic) bond motifs is 2. The Morgan fingerprint density at radius 2 is 2.00 bits per heavy atom. The lowest BCUT2D eigenvalue weighted by Gasteiger charge is -2.41. The summed E-state index contributed by atoms with van der Waals surface area (Å²) in [5, 5.41) is 18.5. The van der Waals surface area contributed by atoms with E-state index >= 15 is 0 Å². The smallest absolute Gasteiger partial charge is 0.316 e. The van der Waals surface area contributed by atoms with Crippen molar-refractivity contribution in [2.75, 3.05) is 0 Å². The summed E-state index contributed by atoms with van der Waals surface area (Å²) in [7, 11) is -4.26. The summed E-state index contributed by atoms with van der Waals surface area (Å²) in [6.45, 7) is 3.18. The molecular formula is C19H15ClN2O5S. The van der Waals surface area contributed by atoms with E-state index in [1.165, 1.54) is 30.3 Å². The van der Waals surface area contributed by atoms with Gasteiger partial charge in [-0.1, -0.05) is 11.6 Å². The van der Waals surface area contributed by atoms with E-state index < -0.39 is 32.0 Å². The van der Waals surface area contributed by atoms with Gasteiger partial charge in [-0.15, -0.1) is 0 Å². The van der Waals surface area contributed by atoms with Gasteiger partial charge in [0.15, 0.2) is 5.58 Å². The van der Waals surface area contributed by atoms with E-state index in [2.05, 4.69) is 4.98 Å². The molecule has 144 valence electrons. The molecule has 0 saturated carbocycles. The van der Waals surface area contributed by atoms with Crippen molar-refractivity contribution in [2.45, 2.75) is 36.0 Å². The van der Waals surface area contributed by atoms with Crippen LogP contribution >= 0.6 is 11.6 Å². The minimum atomic E-state index is -4.26. The number of aliphatic hydroxyl groups is 1.